The predicted molar refractivity (Wildman–Crippen MR) is 99.9 cm³/mol. The number of anilines is 1. The molecule has 1 aliphatic rings. The van der Waals surface area contributed by atoms with Crippen LogP contribution < -0.4 is 4.90 Å². The van der Waals surface area contributed by atoms with E-state index in [1.165, 1.54) is 18.5 Å². The van der Waals surface area contributed by atoms with E-state index < -0.39 is 0 Å². The minimum atomic E-state index is -0.322. The molecule has 0 atom stereocenters. The monoisotopic (exact) mass is 366 g/mol. The van der Waals surface area contributed by atoms with Gasteiger partial charge in [0.25, 0.3) is 0 Å². The average Bonchev–Trinajstić information content (AvgIpc) is 2.72. The Kier molecular flexibility index (Phi) is 4.82. The first-order chi connectivity index (χ1) is 13.2. The normalized spacial score (nSPS) is 14.4. The van der Waals surface area contributed by atoms with E-state index in [0.29, 0.717) is 42.9 Å². The lowest BCUT2D eigenvalue weighted by Crippen LogP contribution is -2.49. The van der Waals surface area contributed by atoms with Crippen molar-refractivity contribution in [3.05, 3.63) is 66.2 Å². The summed E-state index contributed by atoms with van der Waals surface area (Å²) in [6.07, 6.45) is 1.16. The van der Waals surface area contributed by atoms with Crippen molar-refractivity contribution in [3.8, 4) is 0 Å². The lowest BCUT2D eigenvalue weighted by Gasteiger charge is -2.35. The van der Waals surface area contributed by atoms with Crippen LogP contribution in [0.1, 0.15) is 5.56 Å². The molecule has 0 saturated carbocycles. The highest BCUT2D eigenvalue weighted by molar-refractivity contribution is 5.89. The van der Waals surface area contributed by atoms with Crippen LogP contribution in [-0.4, -0.2) is 47.1 Å². The van der Waals surface area contributed by atoms with Crippen LogP contribution in [0.2, 0.25) is 0 Å². The van der Waals surface area contributed by atoms with Gasteiger partial charge in [0.05, 0.1) is 5.52 Å². The first kappa shape index (κ1) is 17.2. The van der Waals surface area contributed by atoms with Gasteiger partial charge in [-0.3, -0.25) is 0 Å². The van der Waals surface area contributed by atoms with Gasteiger partial charge in [-0.2, -0.15) is 0 Å². The summed E-state index contributed by atoms with van der Waals surface area (Å²) in [7, 11) is 0. The molecule has 0 radical (unpaired) electrons. The summed E-state index contributed by atoms with van der Waals surface area (Å²) in [6, 6.07) is 14.1. The van der Waals surface area contributed by atoms with Crippen molar-refractivity contribution in [1.29, 1.82) is 0 Å². The third-order valence-corrected chi connectivity index (χ3v) is 4.62. The number of rotatable bonds is 3. The molecule has 27 heavy (non-hydrogen) atoms. The van der Waals surface area contributed by atoms with Crippen LogP contribution in [0.4, 0.5) is 15.0 Å². The number of carbonyl (C=O) groups excluding carboxylic acids is 1. The number of aromatic nitrogens is 2. The molecular weight excluding hydrogens is 347 g/mol. The Labute approximate surface area is 156 Å². The number of hydrogen-bond acceptors (Lipinski definition) is 5. The molecule has 1 amide bonds. The molecule has 6 nitrogen and oxygen atoms in total. The van der Waals surface area contributed by atoms with E-state index in [9.17, 15) is 9.18 Å². The number of piperazine rings is 1. The second-order valence-electron chi connectivity index (χ2n) is 6.37. The van der Waals surface area contributed by atoms with Crippen molar-refractivity contribution in [2.45, 2.75) is 6.61 Å². The summed E-state index contributed by atoms with van der Waals surface area (Å²) in [5, 5.41) is 0.678. The molecule has 138 valence electrons. The number of ether oxygens (including phenoxy) is 1. The van der Waals surface area contributed by atoms with E-state index in [2.05, 4.69) is 9.97 Å². The van der Waals surface area contributed by atoms with Crippen molar-refractivity contribution in [2.75, 3.05) is 31.1 Å². The Balaban J connectivity index is 1.39. The van der Waals surface area contributed by atoms with Gasteiger partial charge < -0.3 is 14.5 Å². The van der Waals surface area contributed by atoms with E-state index >= 15 is 0 Å². The van der Waals surface area contributed by atoms with Gasteiger partial charge >= 0.3 is 6.09 Å². The summed E-state index contributed by atoms with van der Waals surface area (Å²) in [6.45, 7) is 2.50. The highest BCUT2D eigenvalue weighted by Crippen LogP contribution is 2.24. The number of benzene rings is 2. The molecular formula is C20H19FN4O2. The predicted octanol–water partition coefficient (Wildman–Crippen LogP) is 3.23. The highest BCUT2D eigenvalue weighted by Gasteiger charge is 2.24. The van der Waals surface area contributed by atoms with Crippen LogP contribution in [0.3, 0.4) is 0 Å². The first-order valence-electron chi connectivity index (χ1n) is 8.81. The molecule has 0 bridgehead atoms. The third kappa shape index (κ3) is 3.81. The van der Waals surface area contributed by atoms with Crippen molar-refractivity contribution in [1.82, 2.24) is 14.9 Å². The van der Waals surface area contributed by atoms with Crippen LogP contribution in [0.15, 0.2) is 54.9 Å². The smallest absolute Gasteiger partial charge is 0.410 e. The minimum absolute atomic E-state index is 0.260. The van der Waals surface area contributed by atoms with Crippen LogP contribution >= 0.6 is 0 Å². The van der Waals surface area contributed by atoms with Gasteiger partial charge in [-0.25, -0.2) is 19.2 Å². The van der Waals surface area contributed by atoms with Gasteiger partial charge in [-0.1, -0.05) is 30.3 Å². The van der Waals surface area contributed by atoms with E-state index in [4.69, 9.17) is 4.74 Å². The summed E-state index contributed by atoms with van der Waals surface area (Å²) < 4.78 is 19.0. The standard InChI is InChI=1S/C20H19FN4O2/c21-16-6-7-18-17(12-16)19(23-14-22-18)24-8-10-25(11-9-24)20(26)27-13-15-4-2-1-3-5-15/h1-7,12,14H,8-11,13H2. The molecule has 2 heterocycles. The summed E-state index contributed by atoms with van der Waals surface area (Å²) in [5.74, 6) is 0.374. The molecule has 0 unspecified atom stereocenters. The molecule has 1 saturated heterocycles. The number of nitrogens with zero attached hydrogens (tertiary/aromatic N) is 4. The SMILES string of the molecule is O=C(OCc1ccccc1)N1CCN(c2ncnc3ccc(F)cc23)CC1. The molecule has 3 aromatic rings. The molecule has 7 heteroatoms. The van der Waals surface area contributed by atoms with E-state index in [-0.39, 0.29) is 18.5 Å². The highest BCUT2D eigenvalue weighted by atomic mass is 19.1. The van der Waals surface area contributed by atoms with Crippen LogP contribution in [0, 0.1) is 5.82 Å². The zero-order chi connectivity index (χ0) is 18.6. The van der Waals surface area contributed by atoms with Crippen molar-refractivity contribution < 1.29 is 13.9 Å². The summed E-state index contributed by atoms with van der Waals surface area (Å²) in [4.78, 5) is 24.5. The lowest BCUT2D eigenvalue weighted by molar-refractivity contribution is 0.0941. The Morgan fingerprint density at radius 1 is 1.04 bits per heavy atom. The summed E-state index contributed by atoms with van der Waals surface area (Å²) >= 11 is 0. The molecule has 0 aliphatic carbocycles. The van der Waals surface area contributed by atoms with Crippen LogP contribution in [0.25, 0.3) is 10.9 Å². The maximum absolute atomic E-state index is 13.6. The number of hydrogen-bond donors (Lipinski definition) is 0. The molecule has 2 aromatic carbocycles. The van der Waals surface area contributed by atoms with E-state index in [1.54, 1.807) is 11.0 Å². The second-order valence-corrected chi connectivity index (χ2v) is 6.37. The van der Waals surface area contributed by atoms with Gasteiger partial charge in [0.1, 0.15) is 24.6 Å². The maximum Gasteiger partial charge on any atom is 0.410 e. The van der Waals surface area contributed by atoms with Gasteiger partial charge in [-0.05, 0) is 23.8 Å². The maximum atomic E-state index is 13.6. The van der Waals surface area contributed by atoms with Gasteiger partial charge in [-0.15, -0.1) is 0 Å². The van der Waals surface area contributed by atoms with Crippen molar-refractivity contribution in [3.63, 3.8) is 0 Å². The fourth-order valence-corrected chi connectivity index (χ4v) is 3.18. The molecule has 0 spiro atoms. The number of carbonyl (C=O) groups is 1. The first-order valence-corrected chi connectivity index (χ1v) is 8.81. The van der Waals surface area contributed by atoms with Gasteiger partial charge in [0, 0.05) is 31.6 Å². The number of amides is 1. The number of halogens is 1. The molecule has 0 N–H and O–H groups in total. The minimum Gasteiger partial charge on any atom is -0.445 e. The molecule has 4 rings (SSSR count). The van der Waals surface area contributed by atoms with Crippen LogP contribution in [0.5, 0.6) is 0 Å². The molecule has 1 aromatic heterocycles. The summed E-state index contributed by atoms with van der Waals surface area (Å²) in [5.41, 5.74) is 1.66. The fraction of sp³-hybridized carbons (Fsp3) is 0.250. The third-order valence-electron chi connectivity index (χ3n) is 4.62. The zero-order valence-corrected chi connectivity index (χ0v) is 14.7. The fourth-order valence-electron chi connectivity index (χ4n) is 3.18. The van der Waals surface area contributed by atoms with Crippen LogP contribution in [-0.2, 0) is 11.3 Å². The Hall–Kier alpha value is -3.22. The van der Waals surface area contributed by atoms with E-state index in [1.807, 2.05) is 35.2 Å². The zero-order valence-electron chi connectivity index (χ0n) is 14.7. The van der Waals surface area contributed by atoms with Gasteiger partial charge in [0.15, 0.2) is 0 Å². The topological polar surface area (TPSA) is 58.6 Å². The quantitative estimate of drug-likeness (QED) is 0.712. The Bertz CT molecular complexity index is 943. The van der Waals surface area contributed by atoms with Crippen molar-refractivity contribution >= 4 is 22.8 Å². The average molecular weight is 366 g/mol. The molecule has 1 fully saturated rings. The Morgan fingerprint density at radius 3 is 2.59 bits per heavy atom. The largest absolute Gasteiger partial charge is 0.445 e. The second kappa shape index (κ2) is 7.57. The molecule has 1 aliphatic heterocycles. The van der Waals surface area contributed by atoms with Gasteiger partial charge in [0.2, 0.25) is 0 Å². The Morgan fingerprint density at radius 2 is 1.81 bits per heavy atom. The lowest BCUT2D eigenvalue weighted by atomic mass is 10.2. The van der Waals surface area contributed by atoms with Crippen molar-refractivity contribution in [2.24, 2.45) is 0 Å². The number of fused-ring (bicyclic) bond motifs is 1. The van der Waals surface area contributed by atoms with E-state index in [0.717, 1.165) is 5.56 Å².